The Balaban J connectivity index is 1.55. The molecule has 0 bridgehead atoms. The van der Waals surface area contributed by atoms with Gasteiger partial charge in [0.15, 0.2) is 0 Å². The summed E-state index contributed by atoms with van der Waals surface area (Å²) in [5.74, 6) is -0.196. The number of anilines is 1. The Kier molecular flexibility index (Phi) is 5.15. The highest BCUT2D eigenvalue weighted by molar-refractivity contribution is 7.89. The highest BCUT2D eigenvalue weighted by Gasteiger charge is 2.25. The van der Waals surface area contributed by atoms with Gasteiger partial charge in [0.2, 0.25) is 15.9 Å². The third kappa shape index (κ3) is 3.60. The molecular weight excluding hydrogens is 404 g/mol. The number of rotatable bonds is 4. The second-order valence-electron chi connectivity index (χ2n) is 7.54. The Labute approximate surface area is 175 Å². The van der Waals surface area contributed by atoms with Gasteiger partial charge in [-0.3, -0.25) is 9.36 Å². The van der Waals surface area contributed by atoms with Crippen molar-refractivity contribution in [1.29, 1.82) is 0 Å². The standard InChI is InChI=1S/C21H24N4O4S/c1-16-7-3-4-8-17(16)22-11-13-23(14-12-22)20(26)15-24-18-9-5-6-10-19(18)25(21(24)27)30(2,28)29/h3-10H,11-15H2,1-2H3. The first-order chi connectivity index (χ1) is 14.3. The first-order valence-electron chi connectivity index (χ1n) is 9.76. The zero-order valence-electron chi connectivity index (χ0n) is 17.0. The van der Waals surface area contributed by atoms with Gasteiger partial charge in [0, 0.05) is 31.9 Å². The van der Waals surface area contributed by atoms with E-state index in [-0.39, 0.29) is 18.0 Å². The van der Waals surface area contributed by atoms with Crippen molar-refractivity contribution in [3.63, 3.8) is 0 Å². The van der Waals surface area contributed by atoms with E-state index in [2.05, 4.69) is 24.0 Å². The van der Waals surface area contributed by atoms with Crippen LogP contribution in [-0.4, -0.2) is 60.2 Å². The number of carbonyl (C=O) groups is 1. The Morgan fingerprint density at radius 1 is 0.933 bits per heavy atom. The van der Waals surface area contributed by atoms with E-state index in [1.807, 2.05) is 12.1 Å². The number of hydrogen-bond acceptors (Lipinski definition) is 5. The number of aromatic nitrogens is 2. The lowest BCUT2D eigenvalue weighted by Gasteiger charge is -2.36. The lowest BCUT2D eigenvalue weighted by molar-refractivity contribution is -0.132. The lowest BCUT2D eigenvalue weighted by Crippen LogP contribution is -2.50. The van der Waals surface area contributed by atoms with Crippen molar-refractivity contribution in [3.8, 4) is 0 Å². The number of amides is 1. The monoisotopic (exact) mass is 428 g/mol. The number of fused-ring (bicyclic) bond motifs is 1. The zero-order chi connectivity index (χ0) is 21.5. The smallest absolute Gasteiger partial charge is 0.343 e. The normalized spacial score (nSPS) is 15.0. The van der Waals surface area contributed by atoms with Gasteiger partial charge in [0.25, 0.3) is 0 Å². The van der Waals surface area contributed by atoms with Gasteiger partial charge in [-0.1, -0.05) is 30.3 Å². The van der Waals surface area contributed by atoms with Crippen LogP contribution in [0.4, 0.5) is 5.69 Å². The average molecular weight is 429 g/mol. The SMILES string of the molecule is Cc1ccccc1N1CCN(C(=O)Cn2c(=O)n(S(C)(=O)=O)c3ccccc32)CC1. The Bertz CT molecular complexity index is 1270. The van der Waals surface area contributed by atoms with E-state index in [0.717, 1.165) is 15.9 Å². The van der Waals surface area contributed by atoms with Crippen molar-refractivity contribution < 1.29 is 13.2 Å². The van der Waals surface area contributed by atoms with Crippen molar-refractivity contribution in [2.24, 2.45) is 0 Å². The molecule has 0 radical (unpaired) electrons. The first kappa shape index (κ1) is 20.2. The van der Waals surface area contributed by atoms with Crippen LogP contribution in [0.25, 0.3) is 11.0 Å². The molecule has 1 amide bonds. The molecule has 1 fully saturated rings. The van der Waals surface area contributed by atoms with E-state index in [1.54, 1.807) is 29.2 Å². The lowest BCUT2D eigenvalue weighted by atomic mass is 10.1. The molecule has 0 unspecified atom stereocenters. The number of para-hydroxylation sites is 3. The molecule has 30 heavy (non-hydrogen) atoms. The molecule has 8 nitrogen and oxygen atoms in total. The van der Waals surface area contributed by atoms with E-state index in [9.17, 15) is 18.0 Å². The van der Waals surface area contributed by atoms with Crippen molar-refractivity contribution in [2.45, 2.75) is 13.5 Å². The van der Waals surface area contributed by atoms with Gasteiger partial charge in [-0.15, -0.1) is 0 Å². The van der Waals surface area contributed by atoms with Gasteiger partial charge in [-0.2, -0.15) is 3.97 Å². The number of imidazole rings is 1. The van der Waals surface area contributed by atoms with E-state index in [4.69, 9.17) is 0 Å². The summed E-state index contributed by atoms with van der Waals surface area (Å²) in [7, 11) is -3.79. The molecule has 3 aromatic rings. The maximum Gasteiger partial charge on any atom is 0.343 e. The van der Waals surface area contributed by atoms with Crippen molar-refractivity contribution in [1.82, 2.24) is 13.4 Å². The molecule has 0 aliphatic carbocycles. The van der Waals surface area contributed by atoms with Crippen LogP contribution in [0.1, 0.15) is 5.56 Å². The van der Waals surface area contributed by atoms with Gasteiger partial charge < -0.3 is 9.80 Å². The third-order valence-corrected chi connectivity index (χ3v) is 6.53. The molecule has 0 N–H and O–H groups in total. The summed E-state index contributed by atoms with van der Waals surface area (Å²) in [5, 5.41) is 0. The summed E-state index contributed by atoms with van der Waals surface area (Å²) < 4.78 is 26.2. The Morgan fingerprint density at radius 2 is 1.53 bits per heavy atom. The molecular formula is C21H24N4O4S. The molecule has 0 saturated carbocycles. The number of hydrogen-bond donors (Lipinski definition) is 0. The number of carbonyl (C=O) groups excluding carboxylic acids is 1. The van der Waals surface area contributed by atoms with E-state index < -0.39 is 15.7 Å². The minimum atomic E-state index is -3.79. The second-order valence-corrected chi connectivity index (χ2v) is 9.37. The summed E-state index contributed by atoms with van der Waals surface area (Å²) in [6.45, 7) is 4.38. The largest absolute Gasteiger partial charge is 0.368 e. The Morgan fingerprint density at radius 3 is 2.17 bits per heavy atom. The maximum absolute atomic E-state index is 12.9. The van der Waals surface area contributed by atoms with Crippen molar-refractivity contribution in [3.05, 3.63) is 64.6 Å². The fourth-order valence-corrected chi connectivity index (χ4v) is 4.90. The van der Waals surface area contributed by atoms with Gasteiger partial charge >= 0.3 is 5.69 Å². The van der Waals surface area contributed by atoms with Gasteiger partial charge in [0.05, 0.1) is 17.3 Å². The number of piperazine rings is 1. The summed E-state index contributed by atoms with van der Waals surface area (Å²) in [5.41, 5.74) is 2.35. The van der Waals surface area contributed by atoms with Crippen molar-refractivity contribution >= 4 is 32.7 Å². The van der Waals surface area contributed by atoms with Crippen LogP contribution < -0.4 is 10.6 Å². The highest BCUT2D eigenvalue weighted by atomic mass is 32.2. The minimum absolute atomic E-state index is 0.188. The third-order valence-electron chi connectivity index (χ3n) is 5.51. The maximum atomic E-state index is 12.9. The topological polar surface area (TPSA) is 84.6 Å². The first-order valence-corrected chi connectivity index (χ1v) is 11.6. The molecule has 158 valence electrons. The van der Waals surface area contributed by atoms with Gasteiger partial charge in [-0.25, -0.2) is 13.2 Å². The van der Waals surface area contributed by atoms with E-state index in [0.29, 0.717) is 31.7 Å². The quantitative estimate of drug-likeness (QED) is 0.625. The molecule has 2 heterocycles. The molecule has 9 heteroatoms. The van der Waals surface area contributed by atoms with Gasteiger partial charge in [-0.05, 0) is 30.7 Å². The van der Waals surface area contributed by atoms with Crippen LogP contribution >= 0.6 is 0 Å². The van der Waals surface area contributed by atoms with Crippen LogP contribution in [0, 0.1) is 6.92 Å². The fraction of sp³-hybridized carbons (Fsp3) is 0.333. The molecule has 2 aromatic carbocycles. The fourth-order valence-electron chi connectivity index (χ4n) is 4.00. The van der Waals surface area contributed by atoms with Gasteiger partial charge in [0.1, 0.15) is 6.54 Å². The predicted octanol–water partition coefficient (Wildman–Crippen LogP) is 1.27. The molecule has 1 aliphatic rings. The molecule has 1 saturated heterocycles. The molecule has 4 rings (SSSR count). The number of aryl methyl sites for hydroxylation is 1. The van der Waals surface area contributed by atoms with Crippen LogP contribution in [0.2, 0.25) is 0 Å². The molecule has 0 atom stereocenters. The van der Waals surface area contributed by atoms with Crippen LogP contribution in [-0.2, 0) is 21.4 Å². The highest BCUT2D eigenvalue weighted by Crippen LogP contribution is 2.21. The molecule has 0 spiro atoms. The molecule has 1 aliphatic heterocycles. The molecule has 1 aromatic heterocycles. The van der Waals surface area contributed by atoms with Crippen LogP contribution in [0.3, 0.4) is 0 Å². The van der Waals surface area contributed by atoms with E-state index >= 15 is 0 Å². The summed E-state index contributed by atoms with van der Waals surface area (Å²) >= 11 is 0. The average Bonchev–Trinajstić information content (AvgIpc) is 3.00. The Hall–Kier alpha value is -3.07. The number of nitrogens with zero attached hydrogens (tertiary/aromatic N) is 4. The summed E-state index contributed by atoms with van der Waals surface area (Å²) in [4.78, 5) is 29.7. The summed E-state index contributed by atoms with van der Waals surface area (Å²) in [6.07, 6.45) is 0.984. The zero-order valence-corrected chi connectivity index (χ0v) is 17.8. The summed E-state index contributed by atoms with van der Waals surface area (Å²) in [6, 6.07) is 14.8. The van der Waals surface area contributed by atoms with Crippen LogP contribution in [0.15, 0.2) is 53.3 Å². The predicted molar refractivity (Wildman–Crippen MR) is 116 cm³/mol. The number of benzene rings is 2. The minimum Gasteiger partial charge on any atom is -0.368 e. The van der Waals surface area contributed by atoms with E-state index in [1.165, 1.54) is 10.1 Å². The van der Waals surface area contributed by atoms with Crippen LogP contribution in [0.5, 0.6) is 0 Å². The second kappa shape index (κ2) is 7.64. The van der Waals surface area contributed by atoms with Crippen molar-refractivity contribution in [2.75, 3.05) is 37.3 Å².